The minimum Gasteiger partial charge on any atom is -0.478 e. The molecule has 2 aromatic rings. The number of aromatic nitrogens is 2. The summed E-state index contributed by atoms with van der Waals surface area (Å²) >= 11 is 0. The zero-order valence-corrected chi connectivity index (χ0v) is 13.8. The van der Waals surface area contributed by atoms with Gasteiger partial charge in [-0.2, -0.15) is 0 Å². The fourth-order valence-corrected chi connectivity index (χ4v) is 3.50. The van der Waals surface area contributed by atoms with Crippen LogP contribution in [0.5, 0.6) is 0 Å². The Morgan fingerprint density at radius 3 is 2.83 bits per heavy atom. The number of fused-ring (bicyclic) bond motifs is 1. The molecule has 5 heteroatoms. The third-order valence-electron chi connectivity index (χ3n) is 4.75. The Hall–Kier alpha value is -1.88. The third kappa shape index (κ3) is 3.11. The number of ether oxygens (including phenoxy) is 1. The summed E-state index contributed by atoms with van der Waals surface area (Å²) < 4.78 is 8.06. The van der Waals surface area contributed by atoms with Gasteiger partial charge in [-0.25, -0.2) is 9.78 Å². The van der Waals surface area contributed by atoms with Crippen LogP contribution >= 0.6 is 0 Å². The Morgan fingerprint density at radius 2 is 2.22 bits per heavy atom. The average molecular weight is 316 g/mol. The van der Waals surface area contributed by atoms with Crippen LogP contribution in [0.3, 0.4) is 0 Å². The lowest BCUT2D eigenvalue weighted by molar-refractivity contribution is 0.0697. The summed E-state index contributed by atoms with van der Waals surface area (Å²) in [5.41, 5.74) is 2.08. The first-order chi connectivity index (χ1) is 11.1. The molecule has 23 heavy (non-hydrogen) atoms. The van der Waals surface area contributed by atoms with Crippen molar-refractivity contribution in [1.82, 2.24) is 9.55 Å². The van der Waals surface area contributed by atoms with Gasteiger partial charge in [-0.15, -0.1) is 0 Å². The monoisotopic (exact) mass is 316 g/mol. The Labute approximate surface area is 136 Å². The van der Waals surface area contributed by atoms with E-state index in [1.165, 1.54) is 0 Å². The molecule has 0 spiro atoms. The number of carboxylic acid groups (broad SMARTS) is 1. The van der Waals surface area contributed by atoms with Gasteiger partial charge in [-0.05, 0) is 43.9 Å². The topological polar surface area (TPSA) is 64.4 Å². The van der Waals surface area contributed by atoms with Crippen LogP contribution in [0.15, 0.2) is 18.2 Å². The normalized spacial score (nSPS) is 18.1. The molecule has 0 radical (unpaired) electrons. The van der Waals surface area contributed by atoms with Gasteiger partial charge >= 0.3 is 5.97 Å². The van der Waals surface area contributed by atoms with E-state index in [0.29, 0.717) is 6.04 Å². The summed E-state index contributed by atoms with van der Waals surface area (Å²) in [6.45, 7) is 5.20. The van der Waals surface area contributed by atoms with Crippen molar-refractivity contribution in [2.24, 2.45) is 0 Å². The lowest BCUT2D eigenvalue weighted by Crippen LogP contribution is -2.17. The van der Waals surface area contributed by atoms with E-state index in [4.69, 9.17) is 9.72 Å². The van der Waals surface area contributed by atoms with E-state index >= 15 is 0 Å². The zero-order chi connectivity index (χ0) is 16.4. The van der Waals surface area contributed by atoms with Crippen LogP contribution < -0.4 is 0 Å². The van der Waals surface area contributed by atoms with Crippen LogP contribution in [-0.2, 0) is 11.2 Å². The molecule has 1 N–H and O–H groups in total. The van der Waals surface area contributed by atoms with Crippen LogP contribution in [0.4, 0.5) is 0 Å². The van der Waals surface area contributed by atoms with Crippen molar-refractivity contribution < 1.29 is 14.6 Å². The summed E-state index contributed by atoms with van der Waals surface area (Å²) in [6.07, 6.45) is 5.28. The first-order valence-corrected chi connectivity index (χ1v) is 8.49. The number of hydrogen-bond acceptors (Lipinski definition) is 3. The molecule has 5 nitrogen and oxygen atoms in total. The molecule has 0 aliphatic carbocycles. The Balaban J connectivity index is 2.07. The molecule has 1 saturated heterocycles. The standard InChI is InChI=1S/C18H24N2O3/c1-3-13(4-2)20-16-8-7-12(18(21)22)10-15(16)19-17(20)11-14-6-5-9-23-14/h7-8,10,13-14H,3-6,9,11H2,1-2H3,(H,21,22). The predicted octanol–water partition coefficient (Wildman–Crippen LogP) is 3.82. The molecule has 124 valence electrons. The first-order valence-electron chi connectivity index (χ1n) is 8.49. The summed E-state index contributed by atoms with van der Waals surface area (Å²) in [5.74, 6) is 0.104. The van der Waals surface area contributed by atoms with Crippen LogP contribution in [0, 0.1) is 0 Å². The number of aromatic carboxylic acids is 1. The van der Waals surface area contributed by atoms with Crippen molar-refractivity contribution >= 4 is 17.0 Å². The van der Waals surface area contributed by atoms with E-state index in [1.807, 2.05) is 6.07 Å². The van der Waals surface area contributed by atoms with Crippen molar-refractivity contribution in [1.29, 1.82) is 0 Å². The Kier molecular flexibility index (Phi) is 4.66. The molecular formula is C18H24N2O3. The van der Waals surface area contributed by atoms with Gasteiger partial charge in [-0.1, -0.05) is 13.8 Å². The summed E-state index contributed by atoms with van der Waals surface area (Å²) in [5, 5.41) is 9.20. The lowest BCUT2D eigenvalue weighted by atomic mass is 10.1. The third-order valence-corrected chi connectivity index (χ3v) is 4.75. The van der Waals surface area contributed by atoms with E-state index in [9.17, 15) is 9.90 Å². The van der Waals surface area contributed by atoms with Crippen LogP contribution in [-0.4, -0.2) is 33.3 Å². The molecule has 3 rings (SSSR count). The smallest absolute Gasteiger partial charge is 0.335 e. The molecular weight excluding hydrogens is 292 g/mol. The van der Waals surface area contributed by atoms with E-state index < -0.39 is 5.97 Å². The second-order valence-corrected chi connectivity index (χ2v) is 6.22. The molecule has 0 saturated carbocycles. The Bertz CT molecular complexity index is 698. The van der Waals surface area contributed by atoms with Crippen molar-refractivity contribution in [3.05, 3.63) is 29.6 Å². The number of rotatable bonds is 6. The zero-order valence-electron chi connectivity index (χ0n) is 13.8. The summed E-state index contributed by atoms with van der Waals surface area (Å²) in [4.78, 5) is 16.0. The van der Waals surface area contributed by atoms with Crippen molar-refractivity contribution in [3.63, 3.8) is 0 Å². The number of nitrogens with zero attached hydrogens (tertiary/aromatic N) is 2. The van der Waals surface area contributed by atoms with E-state index in [2.05, 4.69) is 18.4 Å². The number of imidazole rings is 1. The fourth-order valence-electron chi connectivity index (χ4n) is 3.50. The Morgan fingerprint density at radius 1 is 1.43 bits per heavy atom. The van der Waals surface area contributed by atoms with Gasteiger partial charge in [0.1, 0.15) is 5.82 Å². The van der Waals surface area contributed by atoms with Crippen LogP contribution in [0.25, 0.3) is 11.0 Å². The van der Waals surface area contributed by atoms with Gasteiger partial charge in [0, 0.05) is 19.1 Å². The molecule has 0 amide bonds. The maximum absolute atomic E-state index is 11.2. The van der Waals surface area contributed by atoms with Crippen LogP contribution in [0.1, 0.15) is 61.8 Å². The van der Waals surface area contributed by atoms with Gasteiger partial charge < -0.3 is 14.4 Å². The number of carbonyl (C=O) groups is 1. The minimum atomic E-state index is -0.912. The largest absolute Gasteiger partial charge is 0.478 e. The second-order valence-electron chi connectivity index (χ2n) is 6.22. The molecule has 1 aromatic heterocycles. The molecule has 1 aromatic carbocycles. The van der Waals surface area contributed by atoms with Gasteiger partial charge in [-0.3, -0.25) is 0 Å². The summed E-state index contributed by atoms with van der Waals surface area (Å²) in [7, 11) is 0. The minimum absolute atomic E-state index is 0.235. The van der Waals surface area contributed by atoms with Gasteiger partial charge in [0.25, 0.3) is 0 Å². The lowest BCUT2D eigenvalue weighted by Gasteiger charge is -2.20. The predicted molar refractivity (Wildman–Crippen MR) is 89.0 cm³/mol. The molecule has 0 bridgehead atoms. The molecule has 2 heterocycles. The summed E-state index contributed by atoms with van der Waals surface area (Å²) in [6, 6.07) is 5.62. The van der Waals surface area contributed by atoms with Gasteiger partial charge in [0.05, 0.1) is 22.7 Å². The van der Waals surface area contributed by atoms with Crippen LogP contribution in [0.2, 0.25) is 0 Å². The van der Waals surface area contributed by atoms with Gasteiger partial charge in [0.15, 0.2) is 0 Å². The van der Waals surface area contributed by atoms with E-state index in [1.54, 1.807) is 12.1 Å². The molecule has 1 aliphatic heterocycles. The number of benzene rings is 1. The van der Waals surface area contributed by atoms with Crippen molar-refractivity contribution in [3.8, 4) is 0 Å². The van der Waals surface area contributed by atoms with E-state index in [-0.39, 0.29) is 11.7 Å². The average Bonchev–Trinajstić information content (AvgIpc) is 3.16. The molecule has 1 unspecified atom stereocenters. The number of carboxylic acids is 1. The highest BCUT2D eigenvalue weighted by Crippen LogP contribution is 2.28. The highest BCUT2D eigenvalue weighted by molar-refractivity contribution is 5.92. The maximum Gasteiger partial charge on any atom is 0.335 e. The van der Waals surface area contributed by atoms with Gasteiger partial charge in [0.2, 0.25) is 0 Å². The molecule has 1 atom stereocenters. The molecule has 1 aliphatic rings. The number of hydrogen-bond donors (Lipinski definition) is 1. The molecule has 1 fully saturated rings. The highest BCUT2D eigenvalue weighted by atomic mass is 16.5. The van der Waals surface area contributed by atoms with E-state index in [0.717, 1.165) is 55.6 Å². The highest BCUT2D eigenvalue weighted by Gasteiger charge is 2.23. The SMILES string of the molecule is CCC(CC)n1c(CC2CCCO2)nc2cc(C(=O)O)ccc21. The maximum atomic E-state index is 11.2. The quantitative estimate of drug-likeness (QED) is 0.880. The first kappa shape index (κ1) is 16.0. The van der Waals surface area contributed by atoms with Crippen molar-refractivity contribution in [2.45, 2.75) is 58.1 Å². The van der Waals surface area contributed by atoms with Crippen molar-refractivity contribution in [2.75, 3.05) is 6.61 Å². The second kappa shape index (κ2) is 6.71. The fraction of sp³-hybridized carbons (Fsp3) is 0.556.